The molecule has 0 fully saturated rings. The van der Waals surface area contributed by atoms with Crippen molar-refractivity contribution >= 4 is 15.7 Å². The minimum Gasteiger partial charge on any atom is -0.331 e. The van der Waals surface area contributed by atoms with Gasteiger partial charge in [0.15, 0.2) is 9.84 Å². The second-order valence-corrected chi connectivity index (χ2v) is 5.68. The van der Waals surface area contributed by atoms with Crippen LogP contribution in [0.25, 0.3) is 0 Å². The molecule has 0 radical (unpaired) electrons. The molecule has 0 aliphatic rings. The Labute approximate surface area is 101 Å². The van der Waals surface area contributed by atoms with E-state index in [0.29, 0.717) is 5.56 Å². The largest absolute Gasteiger partial charge is 0.331 e. The zero-order valence-corrected chi connectivity index (χ0v) is 10.5. The smallest absolute Gasteiger partial charge is 0.254 e. The molecule has 4 nitrogen and oxygen atoms in total. The summed E-state index contributed by atoms with van der Waals surface area (Å²) in [6.45, 7) is 0.182. The highest BCUT2D eigenvalue weighted by Gasteiger charge is 2.14. The van der Waals surface area contributed by atoms with Crippen LogP contribution in [0.15, 0.2) is 29.2 Å². The van der Waals surface area contributed by atoms with E-state index in [-0.39, 0.29) is 17.3 Å². The minimum absolute atomic E-state index is 0.123. The summed E-state index contributed by atoms with van der Waals surface area (Å²) >= 11 is 0. The van der Waals surface area contributed by atoms with Crippen LogP contribution in [0.3, 0.4) is 0 Å². The van der Waals surface area contributed by atoms with Crippen molar-refractivity contribution in [1.29, 1.82) is 0 Å². The highest BCUT2D eigenvalue weighted by Crippen LogP contribution is 2.12. The van der Waals surface area contributed by atoms with E-state index in [4.69, 9.17) is 6.42 Å². The Morgan fingerprint density at radius 3 is 2.65 bits per heavy atom. The van der Waals surface area contributed by atoms with E-state index in [0.717, 1.165) is 6.26 Å². The number of benzene rings is 1. The zero-order valence-electron chi connectivity index (χ0n) is 9.67. The quantitative estimate of drug-likeness (QED) is 0.746. The van der Waals surface area contributed by atoms with Crippen molar-refractivity contribution in [1.82, 2.24) is 4.90 Å². The molecule has 0 spiro atoms. The number of hydrogen-bond acceptors (Lipinski definition) is 3. The van der Waals surface area contributed by atoms with Crippen LogP contribution in [0.2, 0.25) is 0 Å². The minimum atomic E-state index is -3.31. The van der Waals surface area contributed by atoms with E-state index < -0.39 is 9.84 Å². The van der Waals surface area contributed by atoms with Crippen LogP contribution < -0.4 is 0 Å². The lowest BCUT2D eigenvalue weighted by atomic mass is 10.2. The summed E-state index contributed by atoms with van der Waals surface area (Å²) in [5, 5.41) is 0. The number of carbonyl (C=O) groups excluding carboxylic acids is 1. The molecular weight excluding hydrogens is 238 g/mol. The lowest BCUT2D eigenvalue weighted by Gasteiger charge is -2.14. The predicted octanol–water partition coefficient (Wildman–Crippen LogP) is 0.795. The first kappa shape index (κ1) is 13.3. The second kappa shape index (κ2) is 5.02. The fourth-order valence-electron chi connectivity index (χ4n) is 1.29. The lowest BCUT2D eigenvalue weighted by molar-refractivity contribution is 0.0812. The van der Waals surface area contributed by atoms with Gasteiger partial charge in [-0.1, -0.05) is 12.0 Å². The number of rotatable bonds is 3. The fourth-order valence-corrected chi connectivity index (χ4v) is 1.96. The van der Waals surface area contributed by atoms with Crippen molar-refractivity contribution in [3.05, 3.63) is 29.8 Å². The maximum Gasteiger partial charge on any atom is 0.254 e. The number of nitrogens with zero attached hydrogens (tertiary/aromatic N) is 1. The fraction of sp³-hybridized carbons (Fsp3) is 0.250. The molecule has 0 saturated carbocycles. The Balaban J connectivity index is 3.09. The topological polar surface area (TPSA) is 54.5 Å². The number of amides is 1. The maximum atomic E-state index is 11.8. The SMILES string of the molecule is C#CCN(C)C(=O)c1cccc(S(C)(=O)=O)c1. The summed E-state index contributed by atoms with van der Waals surface area (Å²) in [6.07, 6.45) is 6.20. The Hall–Kier alpha value is -1.80. The molecule has 0 saturated heterocycles. The van der Waals surface area contributed by atoms with Gasteiger partial charge in [-0.25, -0.2) is 8.42 Å². The Morgan fingerprint density at radius 2 is 2.12 bits per heavy atom. The van der Waals surface area contributed by atoms with Gasteiger partial charge in [0.05, 0.1) is 11.4 Å². The first-order valence-electron chi connectivity index (χ1n) is 4.85. The van der Waals surface area contributed by atoms with Gasteiger partial charge < -0.3 is 4.90 Å². The molecule has 0 unspecified atom stereocenters. The monoisotopic (exact) mass is 251 g/mol. The van der Waals surface area contributed by atoms with Gasteiger partial charge in [0.25, 0.3) is 5.91 Å². The van der Waals surface area contributed by atoms with Gasteiger partial charge in [0, 0.05) is 18.9 Å². The van der Waals surface area contributed by atoms with Crippen molar-refractivity contribution in [2.45, 2.75) is 4.90 Å². The van der Waals surface area contributed by atoms with E-state index in [9.17, 15) is 13.2 Å². The van der Waals surface area contributed by atoms with Gasteiger partial charge in [-0.2, -0.15) is 0 Å². The highest BCUT2D eigenvalue weighted by molar-refractivity contribution is 7.90. The van der Waals surface area contributed by atoms with Crippen LogP contribution in [0, 0.1) is 12.3 Å². The molecule has 0 aliphatic heterocycles. The summed E-state index contributed by atoms with van der Waals surface area (Å²) in [6, 6.07) is 5.90. The number of carbonyl (C=O) groups is 1. The molecule has 0 aromatic heterocycles. The third-order valence-corrected chi connectivity index (χ3v) is 3.29. The van der Waals surface area contributed by atoms with Gasteiger partial charge in [-0.3, -0.25) is 4.79 Å². The second-order valence-electron chi connectivity index (χ2n) is 3.67. The molecule has 0 bridgehead atoms. The first-order valence-corrected chi connectivity index (χ1v) is 6.74. The molecule has 1 aromatic rings. The van der Waals surface area contributed by atoms with Crippen LogP contribution >= 0.6 is 0 Å². The molecule has 5 heteroatoms. The van der Waals surface area contributed by atoms with Gasteiger partial charge in [0.2, 0.25) is 0 Å². The van der Waals surface area contributed by atoms with Gasteiger partial charge in [0.1, 0.15) is 0 Å². The molecule has 17 heavy (non-hydrogen) atoms. The average molecular weight is 251 g/mol. The first-order chi connectivity index (χ1) is 7.86. The van der Waals surface area contributed by atoms with E-state index in [1.54, 1.807) is 13.1 Å². The van der Waals surface area contributed by atoms with Gasteiger partial charge in [-0.05, 0) is 18.2 Å². The summed E-state index contributed by atoms with van der Waals surface area (Å²) in [7, 11) is -1.74. The molecule has 0 atom stereocenters. The maximum absolute atomic E-state index is 11.8. The molecule has 0 aliphatic carbocycles. The number of sulfone groups is 1. The molecule has 90 valence electrons. The van der Waals surface area contributed by atoms with Crippen molar-refractivity contribution in [3.63, 3.8) is 0 Å². The molecular formula is C12H13NO3S. The van der Waals surface area contributed by atoms with Crippen LogP contribution in [0.4, 0.5) is 0 Å². The van der Waals surface area contributed by atoms with Crippen molar-refractivity contribution in [3.8, 4) is 12.3 Å². The Morgan fingerprint density at radius 1 is 1.47 bits per heavy atom. The average Bonchev–Trinajstić information content (AvgIpc) is 2.27. The number of hydrogen-bond donors (Lipinski definition) is 0. The van der Waals surface area contributed by atoms with Gasteiger partial charge >= 0.3 is 0 Å². The lowest BCUT2D eigenvalue weighted by Crippen LogP contribution is -2.27. The van der Waals surface area contributed by atoms with E-state index in [2.05, 4.69) is 5.92 Å². The predicted molar refractivity (Wildman–Crippen MR) is 65.3 cm³/mol. The van der Waals surface area contributed by atoms with Crippen LogP contribution in [0.5, 0.6) is 0 Å². The standard InChI is InChI=1S/C12H13NO3S/c1-4-8-13(2)12(14)10-6-5-7-11(9-10)17(3,15)16/h1,5-7,9H,8H2,2-3H3. The van der Waals surface area contributed by atoms with E-state index in [1.807, 2.05) is 0 Å². The third-order valence-electron chi connectivity index (χ3n) is 2.18. The van der Waals surface area contributed by atoms with Crippen molar-refractivity contribution in [2.24, 2.45) is 0 Å². The molecule has 1 aromatic carbocycles. The van der Waals surface area contributed by atoms with Crippen LogP contribution in [-0.4, -0.2) is 39.1 Å². The molecule has 0 heterocycles. The normalized spacial score (nSPS) is 10.6. The van der Waals surface area contributed by atoms with E-state index in [1.165, 1.54) is 23.1 Å². The van der Waals surface area contributed by atoms with Crippen LogP contribution in [0.1, 0.15) is 10.4 Å². The molecule has 1 rings (SSSR count). The summed E-state index contributed by atoms with van der Waals surface area (Å²) in [4.78, 5) is 13.3. The summed E-state index contributed by atoms with van der Waals surface area (Å²) in [5.74, 6) is 2.05. The summed E-state index contributed by atoms with van der Waals surface area (Å²) in [5.41, 5.74) is 0.311. The third kappa shape index (κ3) is 3.33. The molecule has 1 amide bonds. The Bertz CT molecular complexity index is 570. The van der Waals surface area contributed by atoms with Crippen molar-refractivity contribution < 1.29 is 13.2 Å². The number of terminal acetylenes is 1. The summed E-state index contributed by atoms with van der Waals surface area (Å²) < 4.78 is 22.7. The van der Waals surface area contributed by atoms with Crippen LogP contribution in [-0.2, 0) is 9.84 Å². The van der Waals surface area contributed by atoms with Gasteiger partial charge in [-0.15, -0.1) is 6.42 Å². The highest BCUT2D eigenvalue weighted by atomic mass is 32.2. The molecule has 0 N–H and O–H groups in total. The van der Waals surface area contributed by atoms with Crippen molar-refractivity contribution in [2.75, 3.05) is 19.8 Å². The van der Waals surface area contributed by atoms with E-state index >= 15 is 0 Å². The Kier molecular flexibility index (Phi) is 3.92. The zero-order chi connectivity index (χ0) is 13.1.